The van der Waals surface area contributed by atoms with Crippen LogP contribution in [0, 0.1) is 5.92 Å². The first-order valence-electron chi connectivity index (χ1n) is 9.01. The third-order valence-electron chi connectivity index (χ3n) is 4.21. The molecule has 0 aliphatic heterocycles. The highest BCUT2D eigenvalue weighted by Gasteiger charge is 2.28. The van der Waals surface area contributed by atoms with Crippen molar-refractivity contribution in [3.8, 4) is 0 Å². The molecule has 0 spiro atoms. The molecule has 0 unspecified atom stereocenters. The first kappa shape index (κ1) is 21.6. The van der Waals surface area contributed by atoms with E-state index in [9.17, 15) is 18.0 Å². The fourth-order valence-electron chi connectivity index (χ4n) is 2.49. The molecular weight excluding hydrogens is 378 g/mol. The van der Waals surface area contributed by atoms with Gasteiger partial charge in [-0.15, -0.1) is 0 Å². The molecule has 0 bridgehead atoms. The number of carbonyl (C=O) groups is 2. The molecule has 150 valence electrons. The van der Waals surface area contributed by atoms with Crippen LogP contribution in [-0.2, 0) is 21.2 Å². The topological polar surface area (TPSA) is 104 Å². The lowest BCUT2D eigenvalue weighted by atomic mass is 10.1. The predicted octanol–water partition coefficient (Wildman–Crippen LogP) is 2.01. The Kier molecular flexibility index (Phi) is 7.31. The van der Waals surface area contributed by atoms with Gasteiger partial charge in [0.1, 0.15) is 6.04 Å². The van der Waals surface area contributed by atoms with Crippen molar-refractivity contribution in [3.63, 3.8) is 0 Å². The largest absolute Gasteiger partial charge is 0.271 e. The summed E-state index contributed by atoms with van der Waals surface area (Å²) in [7, 11) is -3.87. The van der Waals surface area contributed by atoms with Crippen LogP contribution in [0.3, 0.4) is 0 Å². The standard InChI is InChI=1S/C20H25N3O4S/c1-4-15-10-12-16(13-11-15)19(24)21-22-20(25)18(14(2)3)23-28(26,27)17-8-6-5-7-9-17/h5-14,18,23H,4H2,1-3H3,(H,21,24)(H,22,25)/t18-/m1/s1. The number of rotatable bonds is 7. The Morgan fingerprint density at radius 3 is 2.07 bits per heavy atom. The van der Waals surface area contributed by atoms with Gasteiger partial charge in [-0.25, -0.2) is 8.42 Å². The van der Waals surface area contributed by atoms with Gasteiger partial charge in [0.25, 0.3) is 11.8 Å². The lowest BCUT2D eigenvalue weighted by molar-refractivity contribution is -0.124. The van der Waals surface area contributed by atoms with Crippen LogP contribution < -0.4 is 15.6 Å². The van der Waals surface area contributed by atoms with E-state index in [2.05, 4.69) is 15.6 Å². The van der Waals surface area contributed by atoms with Gasteiger partial charge >= 0.3 is 0 Å². The maximum absolute atomic E-state index is 12.5. The molecule has 7 nitrogen and oxygen atoms in total. The zero-order chi connectivity index (χ0) is 20.7. The average Bonchev–Trinajstić information content (AvgIpc) is 2.70. The molecular formula is C20H25N3O4S. The van der Waals surface area contributed by atoms with E-state index >= 15 is 0 Å². The summed E-state index contributed by atoms with van der Waals surface area (Å²) in [4.78, 5) is 24.7. The quantitative estimate of drug-likeness (QED) is 0.615. The Labute approximate surface area is 165 Å². The number of amides is 2. The summed E-state index contributed by atoms with van der Waals surface area (Å²) in [5.74, 6) is -1.46. The molecule has 0 aliphatic carbocycles. The molecule has 0 radical (unpaired) electrons. The molecule has 0 saturated carbocycles. The van der Waals surface area contributed by atoms with Crippen LogP contribution in [0.25, 0.3) is 0 Å². The molecule has 2 aromatic rings. The van der Waals surface area contributed by atoms with Crippen LogP contribution in [0.4, 0.5) is 0 Å². The zero-order valence-corrected chi connectivity index (χ0v) is 16.9. The van der Waals surface area contributed by atoms with Crippen LogP contribution in [0.1, 0.15) is 36.7 Å². The SMILES string of the molecule is CCc1ccc(C(=O)NNC(=O)[C@H](NS(=O)(=O)c2ccccc2)C(C)C)cc1. The first-order chi connectivity index (χ1) is 13.2. The summed E-state index contributed by atoms with van der Waals surface area (Å²) < 4.78 is 27.4. The van der Waals surface area contributed by atoms with E-state index in [-0.39, 0.29) is 10.8 Å². The van der Waals surface area contributed by atoms with Gasteiger partial charge in [-0.2, -0.15) is 4.72 Å². The van der Waals surface area contributed by atoms with Crippen LogP contribution in [0.5, 0.6) is 0 Å². The lowest BCUT2D eigenvalue weighted by Gasteiger charge is -2.21. The van der Waals surface area contributed by atoms with Gasteiger partial charge in [-0.05, 0) is 42.2 Å². The van der Waals surface area contributed by atoms with Crippen molar-refractivity contribution >= 4 is 21.8 Å². The van der Waals surface area contributed by atoms with Crippen molar-refractivity contribution in [1.82, 2.24) is 15.6 Å². The van der Waals surface area contributed by atoms with Crippen LogP contribution >= 0.6 is 0 Å². The van der Waals surface area contributed by atoms with E-state index in [0.717, 1.165) is 12.0 Å². The third-order valence-corrected chi connectivity index (χ3v) is 5.67. The Morgan fingerprint density at radius 2 is 1.54 bits per heavy atom. The summed E-state index contributed by atoms with van der Waals surface area (Å²) in [6.07, 6.45) is 0.857. The van der Waals surface area contributed by atoms with Crippen molar-refractivity contribution in [2.24, 2.45) is 5.92 Å². The van der Waals surface area contributed by atoms with E-state index in [1.165, 1.54) is 12.1 Å². The Hall–Kier alpha value is -2.71. The van der Waals surface area contributed by atoms with E-state index < -0.39 is 27.9 Å². The fourth-order valence-corrected chi connectivity index (χ4v) is 3.85. The number of hydrogen-bond donors (Lipinski definition) is 3. The first-order valence-corrected chi connectivity index (χ1v) is 10.5. The van der Waals surface area contributed by atoms with Gasteiger partial charge in [-0.3, -0.25) is 20.4 Å². The van der Waals surface area contributed by atoms with E-state index in [4.69, 9.17) is 0 Å². The van der Waals surface area contributed by atoms with Gasteiger partial charge in [-0.1, -0.05) is 51.1 Å². The molecule has 0 fully saturated rings. The fraction of sp³-hybridized carbons (Fsp3) is 0.300. The van der Waals surface area contributed by atoms with Crippen molar-refractivity contribution in [1.29, 1.82) is 0 Å². The highest BCUT2D eigenvalue weighted by atomic mass is 32.2. The summed E-state index contributed by atoms with van der Waals surface area (Å²) in [6, 6.07) is 13.7. The number of sulfonamides is 1. The maximum atomic E-state index is 12.5. The van der Waals surface area contributed by atoms with Crippen LogP contribution in [0.2, 0.25) is 0 Å². The molecule has 3 N–H and O–H groups in total. The molecule has 2 aromatic carbocycles. The Balaban J connectivity index is 2.03. The number of nitrogens with one attached hydrogen (secondary N) is 3. The number of benzene rings is 2. The summed E-state index contributed by atoms with van der Waals surface area (Å²) >= 11 is 0. The van der Waals surface area contributed by atoms with Crippen molar-refractivity contribution in [2.75, 3.05) is 0 Å². The van der Waals surface area contributed by atoms with Crippen LogP contribution in [-0.4, -0.2) is 26.3 Å². The molecule has 2 rings (SSSR count). The van der Waals surface area contributed by atoms with Gasteiger partial charge in [0.05, 0.1) is 4.90 Å². The molecule has 8 heteroatoms. The van der Waals surface area contributed by atoms with Crippen molar-refractivity contribution in [3.05, 3.63) is 65.7 Å². The molecule has 0 aliphatic rings. The van der Waals surface area contributed by atoms with Crippen LogP contribution in [0.15, 0.2) is 59.5 Å². The highest BCUT2D eigenvalue weighted by Crippen LogP contribution is 2.11. The molecule has 1 atom stereocenters. The number of carbonyl (C=O) groups excluding carboxylic acids is 2. The molecule has 0 heterocycles. The minimum absolute atomic E-state index is 0.0634. The molecule has 0 aromatic heterocycles. The van der Waals surface area contributed by atoms with Gasteiger partial charge in [0.2, 0.25) is 10.0 Å². The predicted molar refractivity (Wildman–Crippen MR) is 107 cm³/mol. The lowest BCUT2D eigenvalue weighted by Crippen LogP contribution is -2.54. The second-order valence-corrected chi connectivity index (χ2v) is 8.36. The maximum Gasteiger partial charge on any atom is 0.269 e. The average molecular weight is 404 g/mol. The third kappa shape index (κ3) is 5.64. The summed E-state index contributed by atoms with van der Waals surface area (Å²) in [5.41, 5.74) is 6.11. The minimum Gasteiger partial charge on any atom is -0.271 e. The zero-order valence-electron chi connectivity index (χ0n) is 16.1. The van der Waals surface area contributed by atoms with Crippen molar-refractivity contribution < 1.29 is 18.0 Å². The van der Waals surface area contributed by atoms with Crippen molar-refractivity contribution in [2.45, 2.75) is 38.1 Å². The normalized spacial score (nSPS) is 12.4. The summed E-state index contributed by atoms with van der Waals surface area (Å²) in [5, 5.41) is 0. The number of hydrogen-bond acceptors (Lipinski definition) is 4. The molecule has 28 heavy (non-hydrogen) atoms. The number of aryl methyl sites for hydroxylation is 1. The van der Waals surface area contributed by atoms with Gasteiger partial charge in [0.15, 0.2) is 0 Å². The summed E-state index contributed by atoms with van der Waals surface area (Å²) in [6.45, 7) is 5.43. The second kappa shape index (κ2) is 9.48. The molecule has 0 saturated heterocycles. The minimum atomic E-state index is -3.87. The van der Waals surface area contributed by atoms with Gasteiger partial charge < -0.3 is 0 Å². The van der Waals surface area contributed by atoms with E-state index in [1.54, 1.807) is 44.2 Å². The monoisotopic (exact) mass is 403 g/mol. The Bertz CT molecular complexity index is 910. The Morgan fingerprint density at radius 1 is 0.929 bits per heavy atom. The van der Waals surface area contributed by atoms with E-state index in [1.807, 2.05) is 19.1 Å². The smallest absolute Gasteiger partial charge is 0.269 e. The second-order valence-electron chi connectivity index (χ2n) is 6.65. The van der Waals surface area contributed by atoms with Gasteiger partial charge in [0, 0.05) is 5.56 Å². The molecule has 2 amide bonds. The van der Waals surface area contributed by atoms with E-state index in [0.29, 0.717) is 5.56 Å². The number of hydrazine groups is 1. The highest BCUT2D eigenvalue weighted by molar-refractivity contribution is 7.89.